The van der Waals surface area contributed by atoms with Crippen LogP contribution in [0.15, 0.2) is 6.20 Å². The highest BCUT2D eigenvalue weighted by Gasteiger charge is 2.35. The molecule has 1 aromatic rings. The number of nitrogens with one attached hydrogen (secondary N) is 1. The fourth-order valence-electron chi connectivity index (χ4n) is 5.96. The molecule has 3 aliphatic carbocycles. The largest absolute Gasteiger partial charge is 0.367 e. The number of carbonyl (C=O) groups is 1. The van der Waals surface area contributed by atoms with Crippen LogP contribution in [-0.4, -0.2) is 54.8 Å². The number of fused-ring (bicyclic) bond motifs is 3. The van der Waals surface area contributed by atoms with E-state index < -0.39 is 9.84 Å². The van der Waals surface area contributed by atoms with Crippen LogP contribution in [0.4, 0.5) is 5.82 Å². The van der Waals surface area contributed by atoms with E-state index in [2.05, 4.69) is 5.32 Å². The lowest BCUT2D eigenvalue weighted by Gasteiger charge is -2.32. The molecular formula is C22H31N3O3S. The first-order valence-corrected chi connectivity index (χ1v) is 13.1. The van der Waals surface area contributed by atoms with Crippen molar-refractivity contribution in [2.24, 2.45) is 11.8 Å². The molecule has 4 aliphatic rings. The maximum atomic E-state index is 13.1. The Morgan fingerprint density at radius 1 is 1.00 bits per heavy atom. The molecule has 1 saturated heterocycles. The van der Waals surface area contributed by atoms with E-state index in [0.29, 0.717) is 24.7 Å². The Labute approximate surface area is 173 Å². The van der Waals surface area contributed by atoms with Crippen molar-refractivity contribution >= 4 is 21.6 Å². The third-order valence-electron chi connectivity index (χ3n) is 7.49. The first kappa shape index (κ1) is 19.3. The minimum atomic E-state index is -3.00. The van der Waals surface area contributed by atoms with Crippen LogP contribution in [0, 0.1) is 11.8 Å². The van der Waals surface area contributed by atoms with Gasteiger partial charge in [0.15, 0.2) is 9.84 Å². The fraction of sp³-hybridized carbons (Fsp3) is 0.727. The van der Waals surface area contributed by atoms with Crippen molar-refractivity contribution in [1.82, 2.24) is 9.88 Å². The second kappa shape index (κ2) is 7.56. The summed E-state index contributed by atoms with van der Waals surface area (Å²) in [5.41, 5.74) is 3.06. The number of pyridine rings is 1. The van der Waals surface area contributed by atoms with Crippen LogP contribution in [0.1, 0.15) is 66.4 Å². The van der Waals surface area contributed by atoms with Crippen molar-refractivity contribution < 1.29 is 13.2 Å². The van der Waals surface area contributed by atoms with Crippen LogP contribution >= 0.6 is 0 Å². The molecule has 1 amide bonds. The molecular weight excluding hydrogens is 386 g/mol. The molecule has 0 aromatic carbocycles. The molecule has 1 N–H and O–H groups in total. The van der Waals surface area contributed by atoms with Gasteiger partial charge in [-0.1, -0.05) is 12.8 Å². The van der Waals surface area contributed by atoms with Gasteiger partial charge >= 0.3 is 0 Å². The van der Waals surface area contributed by atoms with Gasteiger partial charge in [-0.05, 0) is 67.9 Å². The Bertz CT molecular complexity index is 888. The average Bonchev–Trinajstić information content (AvgIpc) is 3.06. The third kappa shape index (κ3) is 3.90. The molecule has 1 aromatic heterocycles. The van der Waals surface area contributed by atoms with E-state index in [0.717, 1.165) is 48.9 Å². The summed E-state index contributed by atoms with van der Waals surface area (Å²) in [4.78, 5) is 19.6. The molecule has 0 spiro atoms. The van der Waals surface area contributed by atoms with Crippen molar-refractivity contribution in [3.05, 3.63) is 22.9 Å². The summed E-state index contributed by atoms with van der Waals surface area (Å²) in [5, 5.41) is 3.75. The number of sulfone groups is 1. The molecule has 0 radical (unpaired) electrons. The third-order valence-corrected chi connectivity index (χ3v) is 9.10. The highest BCUT2D eigenvalue weighted by molar-refractivity contribution is 7.91. The van der Waals surface area contributed by atoms with Gasteiger partial charge in [-0.25, -0.2) is 13.4 Å². The highest BCUT2D eigenvalue weighted by Crippen LogP contribution is 2.43. The number of amides is 1. The van der Waals surface area contributed by atoms with Crippen molar-refractivity contribution in [1.29, 1.82) is 0 Å². The number of hydrogen-bond donors (Lipinski definition) is 1. The topological polar surface area (TPSA) is 79.4 Å². The van der Waals surface area contributed by atoms with Crippen molar-refractivity contribution in [2.75, 3.05) is 29.9 Å². The number of anilines is 1. The number of nitrogens with zero attached hydrogens (tertiary/aromatic N) is 2. The Balaban J connectivity index is 1.38. The molecule has 2 unspecified atom stereocenters. The van der Waals surface area contributed by atoms with E-state index in [-0.39, 0.29) is 17.4 Å². The molecule has 3 fully saturated rings. The zero-order valence-electron chi connectivity index (χ0n) is 17.0. The lowest BCUT2D eigenvalue weighted by molar-refractivity contribution is 0.0768. The minimum absolute atomic E-state index is 0.0483. The normalized spacial score (nSPS) is 30.6. The predicted octanol–water partition coefficient (Wildman–Crippen LogP) is 2.82. The maximum absolute atomic E-state index is 13.1. The molecule has 2 bridgehead atoms. The van der Waals surface area contributed by atoms with Gasteiger partial charge in [-0.15, -0.1) is 0 Å². The standard InChI is InChI=1S/C22H31N3O3S/c26-22(25-7-9-29(27,28)10-8-25)20-14-23-21(19-4-2-1-3-18(19)20)24-17-12-15-5-6-16(11-15)13-17/h14-17H,1-13H2,(H,23,24)/t15-,16?,17?/m1/s1. The van der Waals surface area contributed by atoms with Gasteiger partial charge in [-0.3, -0.25) is 4.79 Å². The monoisotopic (exact) mass is 417 g/mol. The quantitative estimate of drug-likeness (QED) is 0.818. The molecule has 3 atom stereocenters. The highest BCUT2D eigenvalue weighted by atomic mass is 32.2. The number of carbonyl (C=O) groups excluding carboxylic acids is 1. The Hall–Kier alpha value is -1.63. The second-order valence-electron chi connectivity index (χ2n) is 9.49. The van der Waals surface area contributed by atoms with Gasteiger partial charge in [0.05, 0.1) is 17.1 Å². The summed E-state index contributed by atoms with van der Waals surface area (Å²) in [7, 11) is -3.00. The number of aromatic nitrogens is 1. The summed E-state index contributed by atoms with van der Waals surface area (Å²) in [6.07, 6.45) is 12.5. The fourth-order valence-corrected chi connectivity index (χ4v) is 7.16. The van der Waals surface area contributed by atoms with Crippen molar-refractivity contribution in [3.63, 3.8) is 0 Å². The zero-order valence-corrected chi connectivity index (χ0v) is 17.8. The molecule has 5 rings (SSSR count). The van der Waals surface area contributed by atoms with E-state index in [1.54, 1.807) is 11.1 Å². The molecule has 2 heterocycles. The summed E-state index contributed by atoms with van der Waals surface area (Å²) in [6, 6.07) is 0.508. The Morgan fingerprint density at radius 3 is 2.34 bits per heavy atom. The molecule has 29 heavy (non-hydrogen) atoms. The van der Waals surface area contributed by atoms with E-state index in [4.69, 9.17) is 4.98 Å². The number of rotatable bonds is 3. The Morgan fingerprint density at radius 2 is 1.66 bits per heavy atom. The van der Waals surface area contributed by atoms with E-state index in [1.807, 2.05) is 0 Å². The van der Waals surface area contributed by atoms with Crippen LogP contribution in [0.3, 0.4) is 0 Å². The lowest BCUT2D eigenvalue weighted by Crippen LogP contribution is -2.44. The smallest absolute Gasteiger partial charge is 0.255 e. The van der Waals surface area contributed by atoms with Gasteiger partial charge in [0.25, 0.3) is 5.91 Å². The van der Waals surface area contributed by atoms with Gasteiger partial charge in [0, 0.05) is 25.3 Å². The molecule has 6 nitrogen and oxygen atoms in total. The molecule has 7 heteroatoms. The lowest BCUT2D eigenvalue weighted by atomic mass is 9.84. The van der Waals surface area contributed by atoms with Crippen LogP contribution in [0.25, 0.3) is 0 Å². The average molecular weight is 418 g/mol. The van der Waals surface area contributed by atoms with Crippen LogP contribution < -0.4 is 5.32 Å². The summed E-state index contributed by atoms with van der Waals surface area (Å²) in [6.45, 7) is 0.585. The molecule has 2 saturated carbocycles. The first-order valence-electron chi connectivity index (χ1n) is 11.3. The van der Waals surface area contributed by atoms with Crippen molar-refractivity contribution in [3.8, 4) is 0 Å². The van der Waals surface area contributed by atoms with E-state index >= 15 is 0 Å². The number of hydrogen-bond acceptors (Lipinski definition) is 5. The minimum Gasteiger partial charge on any atom is -0.367 e. The van der Waals surface area contributed by atoms with Crippen LogP contribution in [-0.2, 0) is 22.7 Å². The summed E-state index contributed by atoms with van der Waals surface area (Å²) >= 11 is 0. The van der Waals surface area contributed by atoms with Crippen molar-refractivity contribution in [2.45, 2.75) is 63.8 Å². The predicted molar refractivity (Wildman–Crippen MR) is 113 cm³/mol. The van der Waals surface area contributed by atoms with Crippen LogP contribution in [0.2, 0.25) is 0 Å². The van der Waals surface area contributed by atoms with Gasteiger partial charge in [0.2, 0.25) is 0 Å². The summed E-state index contributed by atoms with van der Waals surface area (Å²) < 4.78 is 23.4. The van der Waals surface area contributed by atoms with Gasteiger partial charge < -0.3 is 10.2 Å². The first-order chi connectivity index (χ1) is 14.0. The zero-order chi connectivity index (χ0) is 20.0. The van der Waals surface area contributed by atoms with E-state index in [1.165, 1.54) is 37.7 Å². The molecule has 158 valence electrons. The van der Waals surface area contributed by atoms with Crippen LogP contribution in [0.5, 0.6) is 0 Å². The molecule has 1 aliphatic heterocycles. The second-order valence-corrected chi connectivity index (χ2v) is 11.8. The Kier molecular flexibility index (Phi) is 5.04. The maximum Gasteiger partial charge on any atom is 0.255 e. The van der Waals surface area contributed by atoms with Gasteiger partial charge in [0.1, 0.15) is 5.82 Å². The van der Waals surface area contributed by atoms with Gasteiger partial charge in [-0.2, -0.15) is 0 Å². The SMILES string of the molecule is O=C(c1cnc(NC2CC3CC[C@H](C3)C2)c2c1CCCC2)N1CCS(=O)(=O)CC1. The summed E-state index contributed by atoms with van der Waals surface area (Å²) in [5.74, 6) is 2.82. The van der Waals surface area contributed by atoms with E-state index in [9.17, 15) is 13.2 Å².